The zero-order valence-electron chi connectivity index (χ0n) is 8.58. The highest BCUT2D eigenvalue weighted by Crippen LogP contribution is 2.50. The molecule has 84 valence electrons. The molecule has 1 aliphatic carbocycles. The molecule has 1 N–H and O–H groups in total. The number of nitriles is 1. The maximum Gasteiger partial charge on any atom is 0.129 e. The topological polar surface area (TPSA) is 44.0 Å². The second-order valence-electron chi connectivity index (χ2n) is 4.19. The van der Waals surface area contributed by atoms with Crippen LogP contribution in [-0.4, -0.2) is 5.11 Å². The maximum atomic E-state index is 13.5. The summed E-state index contributed by atoms with van der Waals surface area (Å²) in [6.07, 6.45) is 1.02. The van der Waals surface area contributed by atoms with E-state index in [1.54, 1.807) is 0 Å². The summed E-state index contributed by atoms with van der Waals surface area (Å²) in [6.45, 7) is 0. The van der Waals surface area contributed by atoms with E-state index in [2.05, 4.69) is 6.07 Å². The van der Waals surface area contributed by atoms with Crippen LogP contribution in [0.4, 0.5) is 4.39 Å². The number of hydrogen-bond donors (Lipinski definition) is 1. The number of aliphatic hydroxyl groups is 1. The van der Waals surface area contributed by atoms with Gasteiger partial charge < -0.3 is 5.11 Å². The second kappa shape index (κ2) is 4.04. The Hall–Kier alpha value is -1.11. The van der Waals surface area contributed by atoms with Gasteiger partial charge in [-0.05, 0) is 31.0 Å². The number of halogens is 2. The van der Waals surface area contributed by atoms with E-state index in [1.165, 1.54) is 18.2 Å². The van der Waals surface area contributed by atoms with E-state index in [4.69, 9.17) is 16.9 Å². The van der Waals surface area contributed by atoms with Gasteiger partial charge in [-0.25, -0.2) is 4.39 Å². The van der Waals surface area contributed by atoms with Crippen molar-refractivity contribution in [3.05, 3.63) is 34.6 Å². The molecule has 0 aromatic heterocycles. The molecule has 0 aliphatic heterocycles. The first kappa shape index (κ1) is 11.4. The summed E-state index contributed by atoms with van der Waals surface area (Å²) in [6, 6.07) is 6.12. The van der Waals surface area contributed by atoms with Gasteiger partial charge in [-0.15, -0.1) is 0 Å². The summed E-state index contributed by atoms with van der Waals surface area (Å²) in [5.41, 5.74) is -0.709. The number of rotatable bonds is 2. The number of nitrogens with zero attached hydrogens (tertiary/aromatic N) is 1. The van der Waals surface area contributed by atoms with Crippen molar-refractivity contribution in [3.63, 3.8) is 0 Å². The fraction of sp³-hybridized carbons (Fsp3) is 0.417. The highest BCUT2D eigenvalue weighted by molar-refractivity contribution is 6.30. The van der Waals surface area contributed by atoms with E-state index >= 15 is 0 Å². The predicted octanol–water partition coefficient (Wildman–Crippen LogP) is 3.21. The van der Waals surface area contributed by atoms with E-state index in [0.717, 1.165) is 6.42 Å². The summed E-state index contributed by atoms with van der Waals surface area (Å²) < 4.78 is 13.5. The Kier molecular flexibility index (Phi) is 2.88. The third kappa shape index (κ3) is 1.68. The van der Waals surface area contributed by atoms with E-state index in [9.17, 15) is 9.50 Å². The van der Waals surface area contributed by atoms with Crippen LogP contribution in [0.25, 0.3) is 0 Å². The van der Waals surface area contributed by atoms with Crippen LogP contribution in [0.5, 0.6) is 0 Å². The maximum absolute atomic E-state index is 13.5. The number of aliphatic hydroxyl groups excluding tert-OH is 1. The Morgan fingerprint density at radius 3 is 2.69 bits per heavy atom. The summed E-state index contributed by atoms with van der Waals surface area (Å²) in [4.78, 5) is 0. The summed E-state index contributed by atoms with van der Waals surface area (Å²) in [5.74, 6) is -0.515. The van der Waals surface area contributed by atoms with Crippen molar-refractivity contribution in [3.8, 4) is 6.07 Å². The third-order valence-electron chi connectivity index (χ3n) is 3.24. The standard InChI is InChI=1S/C12H11ClFNO/c13-8-2-3-10(14)9(6-8)11(16)12(7-15)4-1-5-12/h2-3,6,11,16H,1,4-5H2. The molecule has 0 saturated heterocycles. The molecule has 1 fully saturated rings. The van der Waals surface area contributed by atoms with Crippen LogP contribution >= 0.6 is 11.6 Å². The Bertz CT molecular complexity index is 451. The molecule has 0 bridgehead atoms. The summed E-state index contributed by atoms with van der Waals surface area (Å²) in [5, 5.41) is 19.5. The first-order chi connectivity index (χ1) is 7.59. The molecule has 1 aromatic carbocycles. The van der Waals surface area contributed by atoms with Crippen LogP contribution in [0.2, 0.25) is 5.02 Å². The lowest BCUT2D eigenvalue weighted by atomic mass is 9.64. The van der Waals surface area contributed by atoms with Crippen molar-refractivity contribution in [2.24, 2.45) is 5.41 Å². The molecule has 0 amide bonds. The molecule has 0 spiro atoms. The summed E-state index contributed by atoms with van der Waals surface area (Å²) >= 11 is 5.75. The lowest BCUT2D eigenvalue weighted by Gasteiger charge is -2.39. The lowest BCUT2D eigenvalue weighted by Crippen LogP contribution is -2.34. The van der Waals surface area contributed by atoms with Gasteiger partial charge in [-0.2, -0.15) is 5.26 Å². The van der Waals surface area contributed by atoms with Gasteiger partial charge in [0.15, 0.2) is 0 Å². The molecule has 2 rings (SSSR count). The van der Waals surface area contributed by atoms with Crippen LogP contribution in [0.1, 0.15) is 30.9 Å². The van der Waals surface area contributed by atoms with Gasteiger partial charge in [0.05, 0.1) is 11.5 Å². The Balaban J connectivity index is 2.37. The molecule has 1 atom stereocenters. The highest BCUT2D eigenvalue weighted by Gasteiger charge is 2.45. The minimum atomic E-state index is -1.09. The molecule has 1 unspecified atom stereocenters. The van der Waals surface area contributed by atoms with Crippen LogP contribution in [0, 0.1) is 22.6 Å². The third-order valence-corrected chi connectivity index (χ3v) is 3.48. The first-order valence-corrected chi connectivity index (χ1v) is 5.51. The molecule has 1 aromatic rings. The van der Waals surface area contributed by atoms with Crippen molar-refractivity contribution in [1.82, 2.24) is 0 Å². The van der Waals surface area contributed by atoms with Crippen LogP contribution in [0.3, 0.4) is 0 Å². The van der Waals surface area contributed by atoms with E-state index in [1.807, 2.05) is 0 Å². The Labute approximate surface area is 98.3 Å². The van der Waals surface area contributed by atoms with Crippen molar-refractivity contribution in [2.75, 3.05) is 0 Å². The SMILES string of the molecule is N#CC1(C(O)c2cc(Cl)ccc2F)CCC1. The molecular formula is C12H11ClFNO. The molecule has 2 nitrogen and oxygen atoms in total. The Morgan fingerprint density at radius 1 is 1.50 bits per heavy atom. The molecule has 0 radical (unpaired) electrons. The minimum Gasteiger partial charge on any atom is -0.387 e. The lowest BCUT2D eigenvalue weighted by molar-refractivity contribution is 0.00565. The molecule has 1 saturated carbocycles. The van der Waals surface area contributed by atoms with Crippen molar-refractivity contribution >= 4 is 11.6 Å². The smallest absolute Gasteiger partial charge is 0.129 e. The van der Waals surface area contributed by atoms with Gasteiger partial charge in [-0.1, -0.05) is 18.0 Å². The summed E-state index contributed by atoms with van der Waals surface area (Å²) in [7, 11) is 0. The highest BCUT2D eigenvalue weighted by atomic mass is 35.5. The zero-order valence-corrected chi connectivity index (χ0v) is 9.34. The minimum absolute atomic E-state index is 0.119. The van der Waals surface area contributed by atoms with Crippen LogP contribution in [0.15, 0.2) is 18.2 Å². The Morgan fingerprint density at radius 2 is 2.19 bits per heavy atom. The molecule has 4 heteroatoms. The van der Waals surface area contributed by atoms with E-state index in [0.29, 0.717) is 17.9 Å². The number of hydrogen-bond acceptors (Lipinski definition) is 2. The zero-order chi connectivity index (χ0) is 11.8. The van der Waals surface area contributed by atoms with Crippen molar-refractivity contribution in [1.29, 1.82) is 5.26 Å². The fourth-order valence-corrected chi connectivity index (χ4v) is 2.21. The van der Waals surface area contributed by atoms with Gasteiger partial charge in [-0.3, -0.25) is 0 Å². The normalized spacial score (nSPS) is 19.6. The number of benzene rings is 1. The average molecular weight is 240 g/mol. The van der Waals surface area contributed by atoms with E-state index < -0.39 is 17.3 Å². The van der Waals surface area contributed by atoms with Gasteiger partial charge >= 0.3 is 0 Å². The van der Waals surface area contributed by atoms with Crippen LogP contribution in [-0.2, 0) is 0 Å². The monoisotopic (exact) mass is 239 g/mol. The molecule has 16 heavy (non-hydrogen) atoms. The van der Waals surface area contributed by atoms with Gasteiger partial charge in [0.25, 0.3) is 0 Å². The first-order valence-electron chi connectivity index (χ1n) is 5.13. The fourth-order valence-electron chi connectivity index (χ4n) is 2.03. The van der Waals surface area contributed by atoms with Crippen molar-refractivity contribution < 1.29 is 9.50 Å². The van der Waals surface area contributed by atoms with Crippen molar-refractivity contribution in [2.45, 2.75) is 25.4 Å². The molecular weight excluding hydrogens is 229 g/mol. The van der Waals surface area contributed by atoms with E-state index in [-0.39, 0.29) is 5.56 Å². The average Bonchev–Trinajstić information content (AvgIpc) is 2.21. The second-order valence-corrected chi connectivity index (χ2v) is 4.63. The van der Waals surface area contributed by atoms with Gasteiger partial charge in [0.1, 0.15) is 11.9 Å². The quantitative estimate of drug-likeness (QED) is 0.861. The molecule has 0 heterocycles. The van der Waals surface area contributed by atoms with Gasteiger partial charge in [0, 0.05) is 10.6 Å². The largest absolute Gasteiger partial charge is 0.387 e. The predicted molar refractivity (Wildman–Crippen MR) is 58.3 cm³/mol. The van der Waals surface area contributed by atoms with Gasteiger partial charge in [0.2, 0.25) is 0 Å². The molecule has 1 aliphatic rings. The van der Waals surface area contributed by atoms with Crippen LogP contribution < -0.4 is 0 Å².